The summed E-state index contributed by atoms with van der Waals surface area (Å²) in [4.78, 5) is 7.76. The number of aromatic nitrogens is 3. The number of sulfonamides is 1. The quantitative estimate of drug-likeness (QED) is 0.820. The summed E-state index contributed by atoms with van der Waals surface area (Å²) >= 11 is 0. The van der Waals surface area contributed by atoms with Gasteiger partial charge in [0, 0.05) is 25.5 Å². The molecule has 0 aliphatic carbocycles. The fourth-order valence-electron chi connectivity index (χ4n) is 1.72. The standard InChI is InChI=1S/C12H17N5O2S/c1-3-13-7-11-4-12(8-17(11)2)20(18,19)16-10-5-14-9-15-6-10/h4-6,8-9,13,16H,3,7H2,1-2H3. The van der Waals surface area contributed by atoms with Crippen molar-refractivity contribution in [2.24, 2.45) is 7.05 Å². The molecule has 0 fully saturated rings. The molecule has 2 rings (SSSR count). The predicted octanol–water partition coefficient (Wildman–Crippen LogP) is 0.725. The van der Waals surface area contributed by atoms with E-state index in [1.54, 1.807) is 16.8 Å². The molecule has 0 unspecified atom stereocenters. The first-order valence-electron chi connectivity index (χ1n) is 6.16. The monoisotopic (exact) mass is 295 g/mol. The molecule has 0 atom stereocenters. The van der Waals surface area contributed by atoms with Crippen LogP contribution in [0.4, 0.5) is 5.69 Å². The van der Waals surface area contributed by atoms with Crippen LogP contribution in [0.5, 0.6) is 0 Å². The Morgan fingerprint density at radius 1 is 1.30 bits per heavy atom. The minimum atomic E-state index is -3.62. The Balaban J connectivity index is 2.21. The molecule has 2 N–H and O–H groups in total. The van der Waals surface area contributed by atoms with E-state index in [0.29, 0.717) is 12.2 Å². The lowest BCUT2D eigenvalue weighted by Crippen LogP contribution is -2.14. The van der Waals surface area contributed by atoms with Crippen LogP contribution in [0.1, 0.15) is 12.6 Å². The summed E-state index contributed by atoms with van der Waals surface area (Å²) in [7, 11) is -1.80. The number of anilines is 1. The molecule has 0 spiro atoms. The van der Waals surface area contributed by atoms with Crippen molar-refractivity contribution in [3.05, 3.63) is 36.7 Å². The zero-order valence-electron chi connectivity index (χ0n) is 11.4. The molecule has 108 valence electrons. The van der Waals surface area contributed by atoms with Gasteiger partial charge < -0.3 is 9.88 Å². The minimum Gasteiger partial charge on any atom is -0.352 e. The molecule has 2 heterocycles. The van der Waals surface area contributed by atoms with Gasteiger partial charge in [0.05, 0.1) is 18.1 Å². The van der Waals surface area contributed by atoms with E-state index in [9.17, 15) is 8.42 Å². The maximum atomic E-state index is 12.2. The van der Waals surface area contributed by atoms with Crippen LogP contribution in [0, 0.1) is 0 Å². The SMILES string of the molecule is CCNCc1cc(S(=O)(=O)Nc2cncnc2)cn1C. The van der Waals surface area contributed by atoms with Crippen molar-refractivity contribution in [1.82, 2.24) is 19.9 Å². The lowest BCUT2D eigenvalue weighted by molar-refractivity contribution is 0.601. The van der Waals surface area contributed by atoms with Crippen molar-refractivity contribution in [3.63, 3.8) is 0 Å². The second kappa shape index (κ2) is 6.02. The van der Waals surface area contributed by atoms with Crippen LogP contribution in [0.2, 0.25) is 0 Å². The van der Waals surface area contributed by atoms with Crippen molar-refractivity contribution in [1.29, 1.82) is 0 Å². The molecule has 2 aromatic heterocycles. The third-order valence-electron chi connectivity index (χ3n) is 2.76. The highest BCUT2D eigenvalue weighted by Gasteiger charge is 2.17. The van der Waals surface area contributed by atoms with Crippen LogP contribution < -0.4 is 10.0 Å². The number of nitrogens with one attached hydrogen (secondary N) is 2. The molecule has 0 saturated heterocycles. The van der Waals surface area contributed by atoms with Crippen LogP contribution in [0.15, 0.2) is 35.9 Å². The topological polar surface area (TPSA) is 88.9 Å². The summed E-state index contributed by atoms with van der Waals surface area (Å²) in [6.07, 6.45) is 5.74. The van der Waals surface area contributed by atoms with Crippen molar-refractivity contribution in [3.8, 4) is 0 Å². The van der Waals surface area contributed by atoms with Gasteiger partial charge >= 0.3 is 0 Å². The highest BCUT2D eigenvalue weighted by molar-refractivity contribution is 7.92. The Labute approximate surface area is 118 Å². The Hall–Kier alpha value is -1.93. The molecule has 0 aromatic carbocycles. The lowest BCUT2D eigenvalue weighted by Gasteiger charge is -2.04. The van der Waals surface area contributed by atoms with Crippen molar-refractivity contribution in [2.75, 3.05) is 11.3 Å². The molecule has 0 amide bonds. The number of hydrogen-bond acceptors (Lipinski definition) is 5. The van der Waals surface area contributed by atoms with Crippen molar-refractivity contribution < 1.29 is 8.42 Å². The van der Waals surface area contributed by atoms with Gasteiger partial charge in [-0.2, -0.15) is 0 Å². The summed E-state index contributed by atoms with van der Waals surface area (Å²) in [6.45, 7) is 3.45. The molecule has 0 aliphatic rings. The van der Waals surface area contributed by atoms with Gasteiger partial charge in [0.2, 0.25) is 0 Å². The number of rotatable bonds is 6. The second-order valence-electron chi connectivity index (χ2n) is 4.29. The van der Waals surface area contributed by atoms with Gasteiger partial charge in [0.1, 0.15) is 11.2 Å². The van der Waals surface area contributed by atoms with Crippen LogP contribution in [-0.4, -0.2) is 29.5 Å². The largest absolute Gasteiger partial charge is 0.352 e. The summed E-state index contributed by atoms with van der Waals surface area (Å²) in [6, 6.07) is 1.65. The molecule has 0 saturated carbocycles. The summed E-state index contributed by atoms with van der Waals surface area (Å²) in [5.41, 5.74) is 1.24. The van der Waals surface area contributed by atoms with Gasteiger partial charge in [-0.05, 0) is 12.6 Å². The summed E-state index contributed by atoms with van der Waals surface area (Å²) in [5, 5.41) is 3.16. The first-order valence-corrected chi connectivity index (χ1v) is 7.65. The third-order valence-corrected chi connectivity index (χ3v) is 4.11. The highest BCUT2D eigenvalue weighted by atomic mass is 32.2. The van der Waals surface area contributed by atoms with E-state index in [-0.39, 0.29) is 4.90 Å². The van der Waals surface area contributed by atoms with Crippen LogP contribution in [0.3, 0.4) is 0 Å². The molecule has 2 aromatic rings. The minimum absolute atomic E-state index is 0.219. The smallest absolute Gasteiger partial charge is 0.263 e. The van der Waals surface area contributed by atoms with E-state index < -0.39 is 10.0 Å². The maximum Gasteiger partial charge on any atom is 0.263 e. The second-order valence-corrected chi connectivity index (χ2v) is 5.97. The van der Waals surface area contributed by atoms with E-state index in [4.69, 9.17) is 0 Å². The molecule has 20 heavy (non-hydrogen) atoms. The average Bonchev–Trinajstić information content (AvgIpc) is 2.79. The number of nitrogens with zero attached hydrogens (tertiary/aromatic N) is 3. The van der Waals surface area contributed by atoms with Crippen molar-refractivity contribution in [2.45, 2.75) is 18.4 Å². The van der Waals surface area contributed by atoms with E-state index in [2.05, 4.69) is 20.0 Å². The van der Waals surface area contributed by atoms with E-state index >= 15 is 0 Å². The Morgan fingerprint density at radius 3 is 2.65 bits per heavy atom. The fourth-order valence-corrected chi connectivity index (χ4v) is 2.84. The maximum absolute atomic E-state index is 12.2. The summed E-state index contributed by atoms with van der Waals surface area (Å²) in [5.74, 6) is 0. The molecular formula is C12H17N5O2S. The van der Waals surface area contributed by atoms with Gasteiger partial charge in [0.25, 0.3) is 10.0 Å². The predicted molar refractivity (Wildman–Crippen MR) is 75.6 cm³/mol. The molecule has 7 nitrogen and oxygen atoms in total. The average molecular weight is 295 g/mol. The first kappa shape index (κ1) is 14.5. The van der Waals surface area contributed by atoms with Gasteiger partial charge in [-0.25, -0.2) is 18.4 Å². The zero-order chi connectivity index (χ0) is 14.6. The third kappa shape index (κ3) is 3.34. The van der Waals surface area contributed by atoms with Gasteiger partial charge in [-0.1, -0.05) is 6.92 Å². The van der Waals surface area contributed by atoms with Gasteiger partial charge in [0.15, 0.2) is 0 Å². The Kier molecular flexibility index (Phi) is 4.35. The van der Waals surface area contributed by atoms with Crippen LogP contribution in [-0.2, 0) is 23.6 Å². The lowest BCUT2D eigenvalue weighted by atomic mass is 10.4. The molecule has 0 aliphatic heterocycles. The highest BCUT2D eigenvalue weighted by Crippen LogP contribution is 2.17. The molecule has 0 radical (unpaired) electrons. The van der Waals surface area contributed by atoms with Gasteiger partial charge in [-0.3, -0.25) is 4.72 Å². The van der Waals surface area contributed by atoms with Gasteiger partial charge in [-0.15, -0.1) is 0 Å². The first-order chi connectivity index (χ1) is 9.53. The van der Waals surface area contributed by atoms with Crippen molar-refractivity contribution >= 4 is 15.7 Å². The number of aryl methyl sites for hydroxylation is 1. The zero-order valence-corrected chi connectivity index (χ0v) is 12.2. The Bertz CT molecular complexity index is 666. The number of hydrogen-bond donors (Lipinski definition) is 2. The summed E-state index contributed by atoms with van der Waals surface area (Å²) < 4.78 is 28.7. The molecular weight excluding hydrogens is 278 g/mol. The molecule has 8 heteroatoms. The van der Waals surface area contributed by atoms with E-state index in [0.717, 1.165) is 12.2 Å². The fraction of sp³-hybridized carbons (Fsp3) is 0.333. The van der Waals surface area contributed by atoms with Crippen LogP contribution in [0.25, 0.3) is 0 Å². The van der Waals surface area contributed by atoms with Crippen LogP contribution >= 0.6 is 0 Å². The normalized spacial score (nSPS) is 11.5. The molecule has 0 bridgehead atoms. The van der Waals surface area contributed by atoms with E-state index in [1.165, 1.54) is 18.7 Å². The Morgan fingerprint density at radius 2 is 2.00 bits per heavy atom. The van der Waals surface area contributed by atoms with E-state index in [1.807, 2.05) is 14.0 Å².